The number of esters is 1. The molecule has 0 heterocycles. The van der Waals surface area contributed by atoms with Crippen molar-refractivity contribution in [3.63, 3.8) is 0 Å². The molecule has 0 aliphatic heterocycles. The van der Waals surface area contributed by atoms with E-state index in [-0.39, 0.29) is 24.5 Å². The van der Waals surface area contributed by atoms with Crippen molar-refractivity contribution in [1.82, 2.24) is 5.32 Å². The molecule has 6 nitrogen and oxygen atoms in total. The Hall–Kier alpha value is -3.41. The molecule has 47 heavy (non-hydrogen) atoms. The molecule has 1 unspecified atom stereocenters. The van der Waals surface area contributed by atoms with E-state index in [1.807, 2.05) is 6.08 Å². The third-order valence-electron chi connectivity index (χ3n) is 7.30. The standard InChI is InChI=1S/C41H65NO5/c1-3-5-7-9-11-12-13-14-15-16-17-18-19-20-21-22-24-26-32-36-41(46)47-38(33-29-25-23-10-8-6-4-2)34-30-27-28-31-35-39(43)42-37-40(44)45/h5,7,11-12,14-15,17-18,20-21,24,26,29,33,38H,3-4,6,8-10,13,16,19,22-23,25,27-28,30-32,34-37H2,1-2H3,(H,42,43)(H,44,45)/b7-5-,12-11-,15-14-,18-17-,21-20-,26-24-,33-29-. The largest absolute Gasteiger partial charge is 0.480 e. The summed E-state index contributed by atoms with van der Waals surface area (Å²) in [6.07, 6.45) is 48.6. The van der Waals surface area contributed by atoms with E-state index in [1.165, 1.54) is 25.7 Å². The molecule has 0 fully saturated rings. The van der Waals surface area contributed by atoms with Crippen LogP contribution in [0.15, 0.2) is 85.1 Å². The Kier molecular flexibility index (Phi) is 32.9. The lowest BCUT2D eigenvalue weighted by Gasteiger charge is -2.14. The van der Waals surface area contributed by atoms with Gasteiger partial charge in [0.25, 0.3) is 0 Å². The average Bonchev–Trinajstić information content (AvgIpc) is 3.05. The molecule has 0 rings (SSSR count). The van der Waals surface area contributed by atoms with Crippen molar-refractivity contribution in [2.24, 2.45) is 0 Å². The Labute approximate surface area is 286 Å². The number of amides is 1. The Balaban J connectivity index is 4.27. The van der Waals surface area contributed by atoms with Gasteiger partial charge < -0.3 is 15.2 Å². The highest BCUT2D eigenvalue weighted by Gasteiger charge is 2.11. The van der Waals surface area contributed by atoms with Gasteiger partial charge in [-0.1, -0.05) is 131 Å². The molecule has 0 aliphatic carbocycles. The van der Waals surface area contributed by atoms with Gasteiger partial charge in [0.1, 0.15) is 12.6 Å². The quantitative estimate of drug-likeness (QED) is 0.0442. The number of carboxylic acid groups (broad SMARTS) is 1. The summed E-state index contributed by atoms with van der Waals surface area (Å²) in [5.41, 5.74) is 0. The van der Waals surface area contributed by atoms with Crippen molar-refractivity contribution in [3.05, 3.63) is 85.1 Å². The second-order valence-corrected chi connectivity index (χ2v) is 11.7. The number of aliphatic carboxylic acids is 1. The van der Waals surface area contributed by atoms with E-state index in [0.717, 1.165) is 83.5 Å². The van der Waals surface area contributed by atoms with Crippen LogP contribution in [0.1, 0.15) is 142 Å². The molecule has 0 bridgehead atoms. The molecule has 2 N–H and O–H groups in total. The maximum atomic E-state index is 12.6. The van der Waals surface area contributed by atoms with Crippen molar-refractivity contribution in [2.75, 3.05) is 6.54 Å². The number of carbonyl (C=O) groups excluding carboxylic acids is 2. The third-order valence-corrected chi connectivity index (χ3v) is 7.30. The predicted octanol–water partition coefficient (Wildman–Crippen LogP) is 10.8. The van der Waals surface area contributed by atoms with Crippen LogP contribution in [0, 0.1) is 0 Å². The summed E-state index contributed by atoms with van der Waals surface area (Å²) in [4.78, 5) is 34.8. The van der Waals surface area contributed by atoms with Crippen LogP contribution in [0.25, 0.3) is 0 Å². The summed E-state index contributed by atoms with van der Waals surface area (Å²) in [6.45, 7) is 4.03. The number of carbonyl (C=O) groups is 3. The van der Waals surface area contributed by atoms with Gasteiger partial charge in [-0.15, -0.1) is 0 Å². The second-order valence-electron chi connectivity index (χ2n) is 11.7. The molecule has 0 radical (unpaired) electrons. The minimum atomic E-state index is -1.04. The highest BCUT2D eigenvalue weighted by Crippen LogP contribution is 2.14. The first-order valence-electron chi connectivity index (χ1n) is 18.2. The van der Waals surface area contributed by atoms with Crippen LogP contribution in [-0.4, -0.2) is 35.6 Å². The molecule has 0 saturated heterocycles. The van der Waals surface area contributed by atoms with Gasteiger partial charge in [0.15, 0.2) is 0 Å². The van der Waals surface area contributed by atoms with Gasteiger partial charge in [-0.25, -0.2) is 0 Å². The number of nitrogens with one attached hydrogen (secondary N) is 1. The Morgan fingerprint density at radius 3 is 1.70 bits per heavy atom. The number of carboxylic acids is 1. The van der Waals surface area contributed by atoms with Gasteiger partial charge in [-0.3, -0.25) is 14.4 Å². The normalized spacial score (nSPS) is 13.1. The molecule has 0 saturated carbocycles. The number of rotatable bonds is 31. The molecule has 0 aromatic heterocycles. The minimum Gasteiger partial charge on any atom is -0.480 e. The summed E-state index contributed by atoms with van der Waals surface area (Å²) in [5.74, 6) is -1.43. The van der Waals surface area contributed by atoms with E-state index < -0.39 is 5.97 Å². The first-order valence-corrected chi connectivity index (χ1v) is 18.2. The Morgan fingerprint density at radius 1 is 0.596 bits per heavy atom. The van der Waals surface area contributed by atoms with Crippen LogP contribution in [0.5, 0.6) is 0 Å². The molecule has 1 atom stereocenters. The second kappa shape index (κ2) is 35.4. The summed E-state index contributed by atoms with van der Waals surface area (Å²) >= 11 is 0. The number of hydrogen-bond donors (Lipinski definition) is 2. The number of unbranched alkanes of at least 4 members (excludes halogenated alkanes) is 8. The summed E-state index contributed by atoms with van der Waals surface area (Å²) in [5, 5.41) is 11.0. The molecule has 0 aromatic rings. The fourth-order valence-corrected chi connectivity index (χ4v) is 4.62. The van der Waals surface area contributed by atoms with E-state index in [1.54, 1.807) is 0 Å². The zero-order chi connectivity index (χ0) is 34.5. The number of allylic oxidation sites excluding steroid dienone is 13. The van der Waals surface area contributed by atoms with Crippen LogP contribution in [0.4, 0.5) is 0 Å². The summed E-state index contributed by atoms with van der Waals surface area (Å²) in [6, 6.07) is 0. The molecule has 0 spiro atoms. The highest BCUT2D eigenvalue weighted by molar-refractivity contribution is 5.80. The monoisotopic (exact) mass is 651 g/mol. The maximum Gasteiger partial charge on any atom is 0.322 e. The van der Waals surface area contributed by atoms with Crippen molar-refractivity contribution in [3.8, 4) is 0 Å². The lowest BCUT2D eigenvalue weighted by Crippen LogP contribution is -2.28. The summed E-state index contributed by atoms with van der Waals surface area (Å²) in [7, 11) is 0. The molecular formula is C41H65NO5. The molecule has 6 heteroatoms. The van der Waals surface area contributed by atoms with Gasteiger partial charge in [0, 0.05) is 12.8 Å². The summed E-state index contributed by atoms with van der Waals surface area (Å²) < 4.78 is 5.82. The zero-order valence-electron chi connectivity index (χ0n) is 29.6. The smallest absolute Gasteiger partial charge is 0.322 e. The average molecular weight is 652 g/mol. The van der Waals surface area contributed by atoms with Gasteiger partial charge >= 0.3 is 11.9 Å². The van der Waals surface area contributed by atoms with Crippen molar-refractivity contribution < 1.29 is 24.2 Å². The van der Waals surface area contributed by atoms with Crippen LogP contribution < -0.4 is 5.32 Å². The minimum absolute atomic E-state index is 0.169. The van der Waals surface area contributed by atoms with Gasteiger partial charge in [-0.05, 0) is 83.1 Å². The van der Waals surface area contributed by atoms with Crippen LogP contribution in [-0.2, 0) is 19.1 Å². The predicted molar refractivity (Wildman–Crippen MR) is 198 cm³/mol. The van der Waals surface area contributed by atoms with Crippen LogP contribution in [0.3, 0.4) is 0 Å². The Morgan fingerprint density at radius 2 is 1.13 bits per heavy atom. The lowest BCUT2D eigenvalue weighted by molar-refractivity contribution is -0.147. The number of ether oxygens (including phenoxy) is 1. The first kappa shape index (κ1) is 43.6. The maximum absolute atomic E-state index is 12.6. The molecular weight excluding hydrogens is 586 g/mol. The third kappa shape index (κ3) is 35.3. The van der Waals surface area contributed by atoms with Crippen molar-refractivity contribution in [1.29, 1.82) is 0 Å². The highest BCUT2D eigenvalue weighted by atomic mass is 16.5. The first-order chi connectivity index (χ1) is 23.0. The van der Waals surface area contributed by atoms with E-state index in [2.05, 4.69) is 98.2 Å². The van der Waals surface area contributed by atoms with Crippen LogP contribution >= 0.6 is 0 Å². The SMILES string of the molecule is CC/C=C\C/C=C\C/C=C\C/C=C\C/C=C\C/C=C\CCC(=O)OC(/C=C\CCCCCCC)CCCCCCC(=O)NCC(=O)O. The Bertz CT molecular complexity index is 986. The van der Waals surface area contributed by atoms with E-state index >= 15 is 0 Å². The topological polar surface area (TPSA) is 92.7 Å². The zero-order valence-corrected chi connectivity index (χ0v) is 29.6. The van der Waals surface area contributed by atoms with Gasteiger partial charge in [-0.2, -0.15) is 0 Å². The van der Waals surface area contributed by atoms with E-state index in [0.29, 0.717) is 19.3 Å². The number of hydrogen-bond acceptors (Lipinski definition) is 4. The fraction of sp³-hybridized carbons (Fsp3) is 0.585. The molecule has 264 valence electrons. The molecule has 0 aliphatic rings. The van der Waals surface area contributed by atoms with Crippen LogP contribution in [0.2, 0.25) is 0 Å². The molecule has 1 amide bonds. The van der Waals surface area contributed by atoms with Gasteiger partial charge in [0.05, 0.1) is 0 Å². The van der Waals surface area contributed by atoms with Gasteiger partial charge in [0.2, 0.25) is 5.91 Å². The van der Waals surface area contributed by atoms with E-state index in [9.17, 15) is 14.4 Å². The van der Waals surface area contributed by atoms with E-state index in [4.69, 9.17) is 9.84 Å². The van der Waals surface area contributed by atoms with Crippen molar-refractivity contribution in [2.45, 2.75) is 148 Å². The molecule has 0 aromatic carbocycles. The lowest BCUT2D eigenvalue weighted by atomic mass is 10.1. The fourth-order valence-electron chi connectivity index (χ4n) is 4.62. The van der Waals surface area contributed by atoms with Crippen molar-refractivity contribution >= 4 is 17.8 Å².